The maximum absolute atomic E-state index is 13.8. The van der Waals surface area contributed by atoms with Gasteiger partial charge in [-0.15, -0.1) is 24.0 Å². The third-order valence-corrected chi connectivity index (χ3v) is 3.66. The monoisotopic (exact) mass is 542 g/mol. The molecule has 26 heavy (non-hydrogen) atoms. The number of carbonyl (C=O) groups is 1. The molecule has 0 heterocycles. The zero-order chi connectivity index (χ0) is 18.9. The minimum Gasteiger partial charge on any atom is -0.357 e. The molecule has 0 unspecified atom stereocenters. The molecule has 0 aliphatic heterocycles. The number of halogens is 3. The van der Waals surface area contributed by atoms with E-state index in [0.29, 0.717) is 31.0 Å². The van der Waals surface area contributed by atoms with Crippen molar-refractivity contribution < 1.29 is 9.18 Å². The molecule has 1 rings (SSSR count). The summed E-state index contributed by atoms with van der Waals surface area (Å²) in [5.41, 5.74) is 0.420. The van der Waals surface area contributed by atoms with E-state index in [-0.39, 0.29) is 47.8 Å². The maximum atomic E-state index is 13.8. The van der Waals surface area contributed by atoms with E-state index in [9.17, 15) is 9.18 Å². The van der Waals surface area contributed by atoms with Crippen LogP contribution in [0.5, 0.6) is 0 Å². The molecule has 0 atom stereocenters. The number of guanidine groups is 1. The molecule has 0 radical (unpaired) electrons. The van der Waals surface area contributed by atoms with Crippen molar-refractivity contribution in [2.24, 2.45) is 4.99 Å². The summed E-state index contributed by atoms with van der Waals surface area (Å²) in [6, 6.07) is 5.10. The van der Waals surface area contributed by atoms with Gasteiger partial charge in [0.2, 0.25) is 5.91 Å². The number of rotatable bonds is 7. The molecule has 0 fully saturated rings. The van der Waals surface area contributed by atoms with E-state index in [1.165, 1.54) is 6.07 Å². The van der Waals surface area contributed by atoms with Gasteiger partial charge in [-0.25, -0.2) is 9.38 Å². The lowest BCUT2D eigenvalue weighted by Crippen LogP contribution is -2.43. The molecule has 0 saturated heterocycles. The fourth-order valence-corrected chi connectivity index (χ4v) is 2.49. The Hall–Kier alpha value is -0.900. The molecule has 1 aromatic rings. The van der Waals surface area contributed by atoms with Crippen molar-refractivity contribution in [3.05, 3.63) is 34.1 Å². The van der Waals surface area contributed by atoms with E-state index in [0.717, 1.165) is 10.9 Å². The zero-order valence-electron chi connectivity index (χ0n) is 15.8. The van der Waals surface area contributed by atoms with Crippen LogP contribution in [0, 0.1) is 5.82 Å². The number of amides is 1. The van der Waals surface area contributed by atoms with E-state index < -0.39 is 0 Å². The van der Waals surface area contributed by atoms with Gasteiger partial charge in [-0.1, -0.05) is 22.0 Å². The van der Waals surface area contributed by atoms with Gasteiger partial charge in [0.15, 0.2) is 5.96 Å². The van der Waals surface area contributed by atoms with Gasteiger partial charge in [-0.3, -0.25) is 4.79 Å². The van der Waals surface area contributed by atoms with Crippen LogP contribution in [0.4, 0.5) is 4.39 Å². The van der Waals surface area contributed by atoms with E-state index in [2.05, 4.69) is 36.9 Å². The molecule has 8 heteroatoms. The smallest absolute Gasteiger partial charge is 0.242 e. The second-order valence-electron chi connectivity index (χ2n) is 6.76. The number of hydrogen-bond acceptors (Lipinski definition) is 2. The molecule has 0 spiro atoms. The van der Waals surface area contributed by atoms with Gasteiger partial charge >= 0.3 is 0 Å². The Morgan fingerprint density at radius 3 is 2.54 bits per heavy atom. The number of aryl methyl sites for hydroxylation is 1. The molecule has 0 saturated carbocycles. The summed E-state index contributed by atoms with van der Waals surface area (Å²) in [5, 5.41) is 9.13. The summed E-state index contributed by atoms with van der Waals surface area (Å²) >= 11 is 3.25. The highest BCUT2D eigenvalue weighted by atomic mass is 127. The highest BCUT2D eigenvalue weighted by molar-refractivity contribution is 14.0. The summed E-state index contributed by atoms with van der Waals surface area (Å²) in [4.78, 5) is 16.1. The van der Waals surface area contributed by atoms with Crippen LogP contribution in [0.25, 0.3) is 0 Å². The number of nitrogens with zero attached hydrogens (tertiary/aromatic N) is 1. The van der Waals surface area contributed by atoms with Crippen molar-refractivity contribution >= 4 is 51.8 Å². The van der Waals surface area contributed by atoms with Gasteiger partial charge in [0.05, 0.1) is 0 Å². The topological polar surface area (TPSA) is 65.5 Å². The Morgan fingerprint density at radius 2 is 1.96 bits per heavy atom. The van der Waals surface area contributed by atoms with Crippen LogP contribution < -0.4 is 16.0 Å². The van der Waals surface area contributed by atoms with Crippen LogP contribution >= 0.6 is 39.9 Å². The van der Waals surface area contributed by atoms with Crippen LogP contribution in [0.3, 0.4) is 0 Å². The summed E-state index contributed by atoms with van der Waals surface area (Å²) < 4.78 is 14.5. The molecule has 0 aromatic heterocycles. The number of aliphatic imine (C=N–C) groups is 1. The second kappa shape index (κ2) is 12.5. The van der Waals surface area contributed by atoms with Crippen LogP contribution in [0.2, 0.25) is 0 Å². The first-order valence-corrected chi connectivity index (χ1v) is 9.27. The Balaban J connectivity index is 0.00000625. The third kappa shape index (κ3) is 10.9. The van der Waals surface area contributed by atoms with Gasteiger partial charge < -0.3 is 16.0 Å². The summed E-state index contributed by atoms with van der Waals surface area (Å²) in [6.45, 7) is 9.16. The first kappa shape index (κ1) is 25.1. The largest absolute Gasteiger partial charge is 0.357 e. The number of hydrogen-bond donors (Lipinski definition) is 3. The SMILES string of the molecule is CCNC(=NCC(=O)NC(C)(C)C)NCCCc1ccc(Br)cc1F.I. The molecule has 3 N–H and O–H groups in total. The van der Waals surface area contributed by atoms with Crippen molar-refractivity contribution in [1.29, 1.82) is 0 Å². The van der Waals surface area contributed by atoms with Crippen molar-refractivity contribution in [3.63, 3.8) is 0 Å². The van der Waals surface area contributed by atoms with Crippen molar-refractivity contribution in [3.8, 4) is 0 Å². The highest BCUT2D eigenvalue weighted by Crippen LogP contribution is 2.16. The Kier molecular flexibility index (Phi) is 12.0. The van der Waals surface area contributed by atoms with Crippen LogP contribution in [0.1, 0.15) is 39.7 Å². The van der Waals surface area contributed by atoms with Crippen molar-refractivity contribution in [2.45, 2.75) is 46.1 Å². The summed E-state index contributed by atoms with van der Waals surface area (Å²) in [7, 11) is 0. The van der Waals surface area contributed by atoms with E-state index in [1.54, 1.807) is 6.07 Å². The van der Waals surface area contributed by atoms with Gasteiger partial charge in [0.1, 0.15) is 12.4 Å². The quantitative estimate of drug-likeness (QED) is 0.213. The summed E-state index contributed by atoms with van der Waals surface area (Å²) in [5.74, 6) is 0.262. The molecular formula is C18H29BrFIN4O. The van der Waals surface area contributed by atoms with E-state index >= 15 is 0 Å². The lowest BCUT2D eigenvalue weighted by atomic mass is 10.1. The first-order chi connectivity index (χ1) is 11.7. The molecule has 1 aromatic carbocycles. The molecule has 148 valence electrons. The summed E-state index contributed by atoms with van der Waals surface area (Å²) in [6.07, 6.45) is 1.40. The van der Waals surface area contributed by atoms with Crippen LogP contribution in [-0.2, 0) is 11.2 Å². The van der Waals surface area contributed by atoms with Crippen molar-refractivity contribution in [1.82, 2.24) is 16.0 Å². The van der Waals surface area contributed by atoms with Crippen LogP contribution in [0.15, 0.2) is 27.7 Å². The van der Waals surface area contributed by atoms with Crippen LogP contribution in [-0.4, -0.2) is 37.0 Å². The number of nitrogens with one attached hydrogen (secondary N) is 3. The Bertz CT molecular complexity index is 605. The zero-order valence-corrected chi connectivity index (χ0v) is 19.7. The average Bonchev–Trinajstić information content (AvgIpc) is 2.49. The van der Waals surface area contributed by atoms with Gasteiger partial charge in [-0.2, -0.15) is 0 Å². The van der Waals surface area contributed by atoms with Gasteiger partial charge in [0.25, 0.3) is 0 Å². The third-order valence-electron chi connectivity index (χ3n) is 3.17. The Labute approximate surface area is 181 Å². The fraction of sp³-hybridized carbons (Fsp3) is 0.556. The molecule has 5 nitrogen and oxygen atoms in total. The predicted molar refractivity (Wildman–Crippen MR) is 120 cm³/mol. The lowest BCUT2D eigenvalue weighted by molar-refractivity contribution is -0.121. The normalized spacial score (nSPS) is 11.5. The highest BCUT2D eigenvalue weighted by Gasteiger charge is 2.13. The molecular weight excluding hydrogens is 514 g/mol. The van der Waals surface area contributed by atoms with Gasteiger partial charge in [0, 0.05) is 23.1 Å². The number of benzene rings is 1. The Morgan fingerprint density at radius 1 is 1.27 bits per heavy atom. The van der Waals surface area contributed by atoms with E-state index in [1.807, 2.05) is 33.8 Å². The maximum Gasteiger partial charge on any atom is 0.242 e. The van der Waals surface area contributed by atoms with Crippen molar-refractivity contribution in [2.75, 3.05) is 19.6 Å². The first-order valence-electron chi connectivity index (χ1n) is 8.48. The molecule has 1 amide bonds. The number of carbonyl (C=O) groups excluding carboxylic acids is 1. The lowest BCUT2D eigenvalue weighted by Gasteiger charge is -2.20. The fourth-order valence-electron chi connectivity index (χ4n) is 2.16. The minimum atomic E-state index is -0.271. The minimum absolute atomic E-state index is 0. The standard InChI is InChI=1S/C18H28BrFN4O.HI/c1-5-21-17(23-12-16(25)24-18(2,3)4)22-10-6-7-13-8-9-14(19)11-15(13)20;/h8-9,11H,5-7,10,12H2,1-4H3,(H,24,25)(H2,21,22,23);1H. The van der Waals surface area contributed by atoms with E-state index in [4.69, 9.17) is 0 Å². The second-order valence-corrected chi connectivity index (χ2v) is 7.68. The molecule has 0 aliphatic rings. The molecule has 0 aliphatic carbocycles. The van der Waals surface area contributed by atoms with Gasteiger partial charge in [-0.05, 0) is 58.2 Å². The average molecular weight is 543 g/mol. The predicted octanol–water partition coefficient (Wildman–Crippen LogP) is 3.61. The molecule has 0 bridgehead atoms.